The van der Waals surface area contributed by atoms with Crippen LogP contribution in [0.25, 0.3) is 0 Å². The molecular formula is C21H41NO2. The monoisotopic (exact) mass is 339 g/mol. The lowest BCUT2D eigenvalue weighted by Crippen LogP contribution is -2.49. The summed E-state index contributed by atoms with van der Waals surface area (Å²) < 4.78 is 5.26. The summed E-state index contributed by atoms with van der Waals surface area (Å²) in [5, 5.41) is 0. The summed E-state index contributed by atoms with van der Waals surface area (Å²) in [4.78, 5) is 12.3. The topological polar surface area (TPSA) is 52.3 Å². The highest BCUT2D eigenvalue weighted by atomic mass is 16.5. The highest BCUT2D eigenvalue weighted by Gasteiger charge is 2.34. The Hall–Kier alpha value is -0.570. The van der Waals surface area contributed by atoms with Gasteiger partial charge in [-0.2, -0.15) is 0 Å². The third-order valence-corrected chi connectivity index (χ3v) is 5.43. The van der Waals surface area contributed by atoms with Crippen LogP contribution in [0.1, 0.15) is 116 Å². The van der Waals surface area contributed by atoms with E-state index in [1.807, 2.05) is 6.92 Å². The van der Waals surface area contributed by atoms with Crippen molar-refractivity contribution in [2.45, 2.75) is 122 Å². The molecule has 24 heavy (non-hydrogen) atoms. The SMILES string of the molecule is CCOC(=O)C1(N)CCCCCCCCCCCCCCCCC1. The molecular weight excluding hydrogens is 298 g/mol. The molecule has 2 N–H and O–H groups in total. The first kappa shape index (κ1) is 21.5. The minimum atomic E-state index is -0.749. The third-order valence-electron chi connectivity index (χ3n) is 5.43. The van der Waals surface area contributed by atoms with Gasteiger partial charge in [-0.05, 0) is 19.8 Å². The average Bonchev–Trinajstić information content (AvgIpc) is 2.57. The molecule has 0 aromatic heterocycles. The van der Waals surface area contributed by atoms with Gasteiger partial charge in [-0.1, -0.05) is 96.3 Å². The first-order valence-electron chi connectivity index (χ1n) is 10.6. The number of carbonyl (C=O) groups excluding carboxylic acids is 1. The fourth-order valence-corrected chi connectivity index (χ4v) is 3.78. The Balaban J connectivity index is 2.43. The Morgan fingerprint density at radius 3 is 1.29 bits per heavy atom. The van der Waals surface area contributed by atoms with E-state index in [4.69, 9.17) is 10.5 Å². The highest BCUT2D eigenvalue weighted by Crippen LogP contribution is 2.23. The standard InChI is InChI=1S/C21H41NO2/c1-2-24-20(23)21(22)18-16-14-12-10-8-6-4-3-5-7-9-11-13-15-17-19-21/h2-19,22H2,1H3. The second kappa shape index (κ2) is 13.7. The molecule has 3 heteroatoms. The molecule has 0 bridgehead atoms. The van der Waals surface area contributed by atoms with Crippen LogP contribution in [0, 0.1) is 0 Å². The van der Waals surface area contributed by atoms with Gasteiger partial charge in [0.2, 0.25) is 0 Å². The molecule has 0 amide bonds. The third kappa shape index (κ3) is 9.66. The summed E-state index contributed by atoms with van der Waals surface area (Å²) in [5.74, 6) is -0.181. The van der Waals surface area contributed by atoms with E-state index >= 15 is 0 Å². The Morgan fingerprint density at radius 1 is 0.708 bits per heavy atom. The molecule has 1 aliphatic carbocycles. The van der Waals surface area contributed by atoms with E-state index in [2.05, 4.69) is 0 Å². The van der Waals surface area contributed by atoms with Crippen LogP contribution in [0.5, 0.6) is 0 Å². The van der Waals surface area contributed by atoms with E-state index in [0.717, 1.165) is 25.7 Å². The highest BCUT2D eigenvalue weighted by molar-refractivity contribution is 5.80. The zero-order chi connectivity index (χ0) is 17.5. The molecule has 0 heterocycles. The van der Waals surface area contributed by atoms with Crippen molar-refractivity contribution in [1.82, 2.24) is 0 Å². The first-order valence-corrected chi connectivity index (χ1v) is 10.6. The van der Waals surface area contributed by atoms with Crippen LogP contribution in [-0.2, 0) is 9.53 Å². The number of rotatable bonds is 2. The predicted octanol–water partition coefficient (Wildman–Crippen LogP) is 5.89. The van der Waals surface area contributed by atoms with Crippen molar-refractivity contribution in [3.05, 3.63) is 0 Å². The Morgan fingerprint density at radius 2 is 1.00 bits per heavy atom. The largest absolute Gasteiger partial charge is 0.465 e. The zero-order valence-corrected chi connectivity index (χ0v) is 16.1. The van der Waals surface area contributed by atoms with Crippen LogP contribution in [0.3, 0.4) is 0 Å². The van der Waals surface area contributed by atoms with Gasteiger partial charge in [0.1, 0.15) is 5.54 Å². The molecule has 0 aromatic rings. The summed E-state index contributed by atoms with van der Waals surface area (Å²) in [6.07, 6.45) is 21.0. The number of carbonyl (C=O) groups is 1. The van der Waals surface area contributed by atoms with Crippen LogP contribution in [-0.4, -0.2) is 18.1 Å². The van der Waals surface area contributed by atoms with Crippen LogP contribution in [0.2, 0.25) is 0 Å². The van der Waals surface area contributed by atoms with Crippen molar-refractivity contribution < 1.29 is 9.53 Å². The Bertz CT molecular complexity index is 299. The predicted molar refractivity (Wildman–Crippen MR) is 102 cm³/mol. The molecule has 1 saturated carbocycles. The molecule has 0 spiro atoms. The summed E-state index contributed by atoms with van der Waals surface area (Å²) in [6, 6.07) is 0. The van der Waals surface area contributed by atoms with Gasteiger partial charge in [0.25, 0.3) is 0 Å². The van der Waals surface area contributed by atoms with Gasteiger partial charge < -0.3 is 10.5 Å². The average molecular weight is 340 g/mol. The molecule has 142 valence electrons. The van der Waals surface area contributed by atoms with E-state index < -0.39 is 5.54 Å². The van der Waals surface area contributed by atoms with E-state index in [0.29, 0.717) is 6.61 Å². The van der Waals surface area contributed by atoms with Crippen molar-refractivity contribution >= 4 is 5.97 Å². The van der Waals surface area contributed by atoms with E-state index in [9.17, 15) is 4.79 Å². The summed E-state index contributed by atoms with van der Waals surface area (Å²) in [6.45, 7) is 2.29. The maximum absolute atomic E-state index is 12.3. The lowest BCUT2D eigenvalue weighted by Gasteiger charge is -2.27. The van der Waals surface area contributed by atoms with Gasteiger partial charge >= 0.3 is 5.97 Å². The van der Waals surface area contributed by atoms with Crippen LogP contribution in [0.15, 0.2) is 0 Å². The molecule has 1 fully saturated rings. The minimum absolute atomic E-state index is 0.181. The van der Waals surface area contributed by atoms with Crippen LogP contribution >= 0.6 is 0 Å². The fraction of sp³-hybridized carbons (Fsp3) is 0.952. The zero-order valence-electron chi connectivity index (χ0n) is 16.1. The van der Waals surface area contributed by atoms with Gasteiger partial charge in [-0.3, -0.25) is 4.79 Å². The number of nitrogens with two attached hydrogens (primary N) is 1. The van der Waals surface area contributed by atoms with E-state index in [-0.39, 0.29) is 5.97 Å². The van der Waals surface area contributed by atoms with Crippen LogP contribution < -0.4 is 5.73 Å². The minimum Gasteiger partial charge on any atom is -0.465 e. The van der Waals surface area contributed by atoms with Crippen molar-refractivity contribution in [1.29, 1.82) is 0 Å². The summed E-state index contributed by atoms with van der Waals surface area (Å²) in [7, 11) is 0. The summed E-state index contributed by atoms with van der Waals surface area (Å²) >= 11 is 0. The quantitative estimate of drug-likeness (QED) is 0.638. The van der Waals surface area contributed by atoms with E-state index in [1.165, 1.54) is 83.5 Å². The fourth-order valence-electron chi connectivity index (χ4n) is 3.78. The number of ether oxygens (including phenoxy) is 1. The van der Waals surface area contributed by atoms with Gasteiger partial charge in [-0.25, -0.2) is 0 Å². The van der Waals surface area contributed by atoms with Gasteiger partial charge in [-0.15, -0.1) is 0 Å². The molecule has 0 unspecified atom stereocenters. The van der Waals surface area contributed by atoms with Crippen LogP contribution in [0.4, 0.5) is 0 Å². The first-order chi connectivity index (χ1) is 11.7. The van der Waals surface area contributed by atoms with Gasteiger partial charge in [0.05, 0.1) is 6.61 Å². The van der Waals surface area contributed by atoms with Crippen molar-refractivity contribution in [2.75, 3.05) is 6.61 Å². The van der Waals surface area contributed by atoms with Gasteiger partial charge in [0, 0.05) is 0 Å². The van der Waals surface area contributed by atoms with Crippen molar-refractivity contribution in [3.8, 4) is 0 Å². The van der Waals surface area contributed by atoms with Crippen molar-refractivity contribution in [3.63, 3.8) is 0 Å². The molecule has 0 atom stereocenters. The lowest BCUT2D eigenvalue weighted by atomic mass is 9.87. The Kier molecular flexibility index (Phi) is 12.2. The molecule has 0 aliphatic heterocycles. The normalized spacial score (nSPS) is 22.9. The smallest absolute Gasteiger partial charge is 0.326 e. The second-order valence-electron chi connectivity index (χ2n) is 7.68. The summed E-state index contributed by atoms with van der Waals surface area (Å²) in [5.41, 5.74) is 5.72. The number of hydrogen-bond acceptors (Lipinski definition) is 3. The van der Waals surface area contributed by atoms with E-state index in [1.54, 1.807) is 0 Å². The molecule has 0 radical (unpaired) electrons. The molecule has 0 saturated heterocycles. The second-order valence-corrected chi connectivity index (χ2v) is 7.68. The lowest BCUT2D eigenvalue weighted by molar-refractivity contribution is -0.150. The Labute approximate surface area is 150 Å². The molecule has 1 rings (SSSR count). The molecule has 1 aliphatic rings. The maximum atomic E-state index is 12.3. The number of esters is 1. The molecule has 0 aromatic carbocycles. The molecule has 3 nitrogen and oxygen atoms in total. The van der Waals surface area contributed by atoms with Gasteiger partial charge in [0.15, 0.2) is 0 Å². The van der Waals surface area contributed by atoms with Crippen molar-refractivity contribution in [2.24, 2.45) is 5.73 Å². The maximum Gasteiger partial charge on any atom is 0.326 e. The number of hydrogen-bond donors (Lipinski definition) is 1.